The molecule has 9 nitrogen and oxygen atoms in total. The van der Waals surface area contributed by atoms with Crippen LogP contribution in [0.4, 0.5) is 5.82 Å². The minimum absolute atomic E-state index is 0.00644. The maximum Gasteiger partial charge on any atom is 0.333 e. The summed E-state index contributed by atoms with van der Waals surface area (Å²) in [5.74, 6) is 0.235. The van der Waals surface area contributed by atoms with E-state index in [1.807, 2.05) is 24.3 Å². The number of anilines is 1. The number of thiophene rings is 1. The highest BCUT2D eigenvalue weighted by atomic mass is 35.5. The first-order chi connectivity index (χ1) is 17.2. The zero-order valence-electron chi connectivity index (χ0n) is 18.9. The largest absolute Gasteiger partial charge is 0.367 e. The maximum atomic E-state index is 13.5. The number of carbonyl (C=O) groups excluding carboxylic acids is 1. The molecule has 0 spiro atoms. The molecule has 13 heteroatoms. The third kappa shape index (κ3) is 5.57. The minimum atomic E-state index is -3.97. The quantitative estimate of drug-likeness (QED) is 0.346. The standard InChI is InChI=1S/C23H23Cl2N5O4S2/c24-14-3-2-13-8-28-20(16(13)6-14)17-7-19(35-22(17)25)21(31)18-9-27-11-29-23(18)30-15-4-1-12(5-15)10-34-36(26,32)33/h2-3,6-7,9,11-12,15,20,28H,1,4-5,8,10H2,(H2,26,32,33)(H,27,29,30)/t12?,15-,20?/m0/s1. The Hall–Kier alpha value is -2.12. The molecule has 1 aliphatic heterocycles. The molecule has 0 radical (unpaired) electrons. The molecule has 2 aliphatic rings. The molecule has 0 amide bonds. The Bertz CT molecular complexity index is 1420. The zero-order chi connectivity index (χ0) is 25.4. The second kappa shape index (κ2) is 10.3. The summed E-state index contributed by atoms with van der Waals surface area (Å²) >= 11 is 14.0. The number of nitrogens with two attached hydrogens (primary N) is 1. The molecule has 4 N–H and O–H groups in total. The molecule has 2 aromatic heterocycles. The lowest BCUT2D eigenvalue weighted by Gasteiger charge is -2.15. The molecule has 36 heavy (non-hydrogen) atoms. The van der Waals surface area contributed by atoms with Gasteiger partial charge in [0, 0.05) is 29.4 Å². The smallest absolute Gasteiger partial charge is 0.333 e. The van der Waals surface area contributed by atoms with E-state index in [2.05, 4.69) is 20.6 Å². The van der Waals surface area contributed by atoms with Crippen molar-refractivity contribution in [2.45, 2.75) is 37.9 Å². The van der Waals surface area contributed by atoms with Gasteiger partial charge in [-0.15, -0.1) is 11.3 Å². The maximum absolute atomic E-state index is 13.5. The molecule has 1 fully saturated rings. The number of aromatic nitrogens is 2. The van der Waals surface area contributed by atoms with Crippen molar-refractivity contribution in [1.29, 1.82) is 0 Å². The molecule has 3 aromatic rings. The predicted octanol–water partition coefficient (Wildman–Crippen LogP) is 4.07. The number of fused-ring (bicyclic) bond motifs is 1. The van der Waals surface area contributed by atoms with Crippen LogP contribution in [-0.4, -0.2) is 36.8 Å². The van der Waals surface area contributed by atoms with Crippen LogP contribution in [-0.2, 0) is 21.0 Å². The third-order valence-electron chi connectivity index (χ3n) is 6.47. The van der Waals surface area contributed by atoms with Gasteiger partial charge in [0.25, 0.3) is 0 Å². The van der Waals surface area contributed by atoms with Crippen LogP contribution < -0.4 is 15.8 Å². The van der Waals surface area contributed by atoms with Crippen molar-refractivity contribution in [2.75, 3.05) is 11.9 Å². The van der Waals surface area contributed by atoms with Crippen molar-refractivity contribution in [3.05, 3.63) is 73.3 Å². The molecule has 3 heterocycles. The Morgan fingerprint density at radius 3 is 2.89 bits per heavy atom. The summed E-state index contributed by atoms with van der Waals surface area (Å²) in [4.78, 5) is 22.3. The van der Waals surface area contributed by atoms with Gasteiger partial charge >= 0.3 is 10.3 Å². The molecule has 0 bridgehead atoms. The summed E-state index contributed by atoms with van der Waals surface area (Å²) in [5, 5.41) is 12.3. The van der Waals surface area contributed by atoms with Gasteiger partial charge in [-0.3, -0.25) is 8.98 Å². The third-order valence-corrected chi connectivity index (χ3v) is 8.56. The first-order valence-corrected chi connectivity index (χ1v) is 14.3. The molecule has 1 aromatic carbocycles. The van der Waals surface area contributed by atoms with Gasteiger partial charge in [-0.1, -0.05) is 29.3 Å². The van der Waals surface area contributed by atoms with Gasteiger partial charge in [-0.2, -0.15) is 8.42 Å². The number of halogens is 2. The van der Waals surface area contributed by atoms with Gasteiger partial charge in [-0.25, -0.2) is 15.1 Å². The fourth-order valence-corrected chi connectivity index (χ4v) is 6.62. The summed E-state index contributed by atoms with van der Waals surface area (Å²) in [6, 6.07) is 7.45. The van der Waals surface area contributed by atoms with Crippen molar-refractivity contribution in [2.24, 2.45) is 11.1 Å². The first-order valence-electron chi connectivity index (χ1n) is 11.3. The van der Waals surface area contributed by atoms with E-state index in [4.69, 9.17) is 32.5 Å². The molecule has 5 rings (SSSR count). The lowest BCUT2D eigenvalue weighted by atomic mass is 10.00. The Morgan fingerprint density at radius 1 is 1.25 bits per heavy atom. The van der Waals surface area contributed by atoms with E-state index in [9.17, 15) is 13.2 Å². The lowest BCUT2D eigenvalue weighted by molar-refractivity contribution is 0.104. The second-order valence-corrected chi connectivity index (χ2v) is 12.2. The van der Waals surface area contributed by atoms with E-state index in [1.165, 1.54) is 23.9 Å². The Morgan fingerprint density at radius 2 is 2.08 bits per heavy atom. The molecule has 1 aliphatic carbocycles. The van der Waals surface area contributed by atoms with Crippen molar-refractivity contribution in [1.82, 2.24) is 15.3 Å². The van der Waals surface area contributed by atoms with Crippen LogP contribution in [0, 0.1) is 5.92 Å². The van der Waals surface area contributed by atoms with Gasteiger partial charge in [0.15, 0.2) is 0 Å². The summed E-state index contributed by atoms with van der Waals surface area (Å²) in [6.07, 6.45) is 5.08. The normalized spacial score (nSPS) is 21.5. The van der Waals surface area contributed by atoms with Crippen molar-refractivity contribution in [3.63, 3.8) is 0 Å². The van der Waals surface area contributed by atoms with Crippen molar-refractivity contribution < 1.29 is 17.4 Å². The van der Waals surface area contributed by atoms with Gasteiger partial charge in [-0.05, 0) is 54.5 Å². The summed E-state index contributed by atoms with van der Waals surface area (Å²) in [6.45, 7) is 0.727. The number of rotatable bonds is 8. The van der Waals surface area contributed by atoms with E-state index < -0.39 is 10.3 Å². The molecular weight excluding hydrogens is 545 g/mol. The second-order valence-electron chi connectivity index (χ2n) is 8.91. The van der Waals surface area contributed by atoms with Crippen molar-refractivity contribution >= 4 is 56.4 Å². The van der Waals surface area contributed by atoms with Crippen molar-refractivity contribution in [3.8, 4) is 0 Å². The van der Waals surface area contributed by atoms with E-state index in [0.29, 0.717) is 38.6 Å². The van der Waals surface area contributed by atoms with E-state index in [1.54, 1.807) is 0 Å². The number of hydrogen-bond acceptors (Lipinski definition) is 9. The number of hydrogen-bond donors (Lipinski definition) is 3. The van der Waals surface area contributed by atoms with E-state index >= 15 is 0 Å². The Kier molecular flexibility index (Phi) is 7.32. The molecular formula is C23H23Cl2N5O4S2. The highest BCUT2D eigenvalue weighted by Crippen LogP contribution is 2.40. The number of benzene rings is 1. The molecule has 0 saturated heterocycles. The topological polar surface area (TPSA) is 136 Å². The fourth-order valence-electron chi connectivity index (χ4n) is 4.77. The minimum Gasteiger partial charge on any atom is -0.367 e. The zero-order valence-corrected chi connectivity index (χ0v) is 22.1. The predicted molar refractivity (Wildman–Crippen MR) is 139 cm³/mol. The Labute approximate surface area is 222 Å². The van der Waals surface area contributed by atoms with Gasteiger partial charge < -0.3 is 10.6 Å². The number of nitrogens with one attached hydrogen (secondary N) is 2. The number of nitrogens with zero attached hydrogens (tertiary/aromatic N) is 2. The summed E-state index contributed by atoms with van der Waals surface area (Å²) in [7, 11) is -3.97. The van der Waals surface area contributed by atoms with Gasteiger partial charge in [0.05, 0.1) is 27.4 Å². The highest BCUT2D eigenvalue weighted by molar-refractivity contribution is 7.84. The summed E-state index contributed by atoms with van der Waals surface area (Å²) in [5.41, 5.74) is 3.36. The number of carbonyl (C=O) groups is 1. The van der Waals surface area contributed by atoms with Crippen LogP contribution in [0.1, 0.15) is 57.2 Å². The van der Waals surface area contributed by atoms with Gasteiger partial charge in [0.1, 0.15) is 12.1 Å². The van der Waals surface area contributed by atoms with Crippen LogP contribution in [0.25, 0.3) is 0 Å². The SMILES string of the molecule is NS(=O)(=O)OCC1CC[C@H](Nc2ncncc2C(=O)c2cc(C3NCc4ccc(Cl)cc43)c(Cl)s2)C1. The average molecular weight is 569 g/mol. The van der Waals surface area contributed by atoms with Crippen LogP contribution in [0.5, 0.6) is 0 Å². The van der Waals surface area contributed by atoms with Crippen LogP contribution in [0.15, 0.2) is 36.8 Å². The highest BCUT2D eigenvalue weighted by Gasteiger charge is 2.30. The number of ketones is 1. The molecule has 1 saturated carbocycles. The Balaban J connectivity index is 1.33. The molecule has 3 atom stereocenters. The van der Waals surface area contributed by atoms with Crippen LogP contribution in [0.3, 0.4) is 0 Å². The molecule has 190 valence electrons. The lowest BCUT2D eigenvalue weighted by Crippen LogP contribution is -2.22. The summed E-state index contributed by atoms with van der Waals surface area (Å²) < 4.78 is 27.4. The first kappa shape index (κ1) is 25.5. The van der Waals surface area contributed by atoms with Crippen LogP contribution in [0.2, 0.25) is 9.36 Å². The molecule has 2 unspecified atom stereocenters. The van der Waals surface area contributed by atoms with E-state index in [0.717, 1.165) is 29.5 Å². The van der Waals surface area contributed by atoms with E-state index in [-0.39, 0.29) is 30.4 Å². The van der Waals surface area contributed by atoms with Crippen LogP contribution >= 0.6 is 34.5 Å². The van der Waals surface area contributed by atoms with Gasteiger partial charge in [0.2, 0.25) is 5.78 Å². The monoisotopic (exact) mass is 567 g/mol. The average Bonchev–Trinajstić information content (AvgIpc) is 3.55. The fraction of sp³-hybridized carbons (Fsp3) is 0.348.